The van der Waals surface area contributed by atoms with Crippen molar-refractivity contribution in [2.24, 2.45) is 0 Å². The van der Waals surface area contributed by atoms with Crippen LogP contribution in [0.25, 0.3) is 5.52 Å². The zero-order valence-electron chi connectivity index (χ0n) is 13.3. The molecule has 1 aromatic carbocycles. The molecule has 0 spiro atoms. The summed E-state index contributed by atoms with van der Waals surface area (Å²) >= 11 is 0. The predicted octanol–water partition coefficient (Wildman–Crippen LogP) is 2.45. The molecule has 0 saturated carbocycles. The highest BCUT2D eigenvalue weighted by Gasteiger charge is 2.18. The second-order valence-electron chi connectivity index (χ2n) is 5.24. The molecule has 0 amide bonds. The average Bonchev–Trinajstić information content (AvgIpc) is 3.04. The Morgan fingerprint density at radius 1 is 1.38 bits per heavy atom. The summed E-state index contributed by atoms with van der Waals surface area (Å²) in [6.45, 7) is 3.97. The van der Waals surface area contributed by atoms with Crippen molar-refractivity contribution in [3.63, 3.8) is 0 Å². The number of hydrogen-bond donors (Lipinski definition) is 3. The Bertz CT molecular complexity index is 852. The molecule has 126 valence electrons. The normalized spacial score (nSPS) is 12.5. The smallest absolute Gasteiger partial charge is 0.173 e. The minimum atomic E-state index is -1.19. The monoisotopic (exact) mass is 331 g/mol. The van der Waals surface area contributed by atoms with Gasteiger partial charge in [-0.25, -0.2) is 9.37 Å². The van der Waals surface area contributed by atoms with E-state index in [2.05, 4.69) is 20.8 Å². The van der Waals surface area contributed by atoms with E-state index in [9.17, 15) is 9.50 Å². The van der Waals surface area contributed by atoms with Crippen LogP contribution in [0.5, 0.6) is 0 Å². The van der Waals surface area contributed by atoms with E-state index in [-0.39, 0.29) is 11.4 Å². The number of nitrogens with zero attached hydrogens (tertiary/aromatic N) is 3. The minimum absolute atomic E-state index is 0.258. The third kappa shape index (κ3) is 3.21. The molecule has 0 saturated heterocycles. The van der Waals surface area contributed by atoms with Gasteiger partial charge in [-0.2, -0.15) is 5.48 Å². The zero-order chi connectivity index (χ0) is 17.1. The largest absolute Gasteiger partial charge is 0.371 e. The van der Waals surface area contributed by atoms with Crippen LogP contribution in [0.4, 0.5) is 15.9 Å². The lowest BCUT2D eigenvalue weighted by Crippen LogP contribution is -2.24. The molecule has 3 rings (SSSR count). The summed E-state index contributed by atoms with van der Waals surface area (Å²) in [5.74, 6) is -0.00205. The van der Waals surface area contributed by atoms with Gasteiger partial charge in [0.2, 0.25) is 0 Å². The fraction of sp³-hybridized carbons (Fsp3) is 0.250. The molecule has 0 aliphatic heterocycles. The molecule has 0 aliphatic rings. The van der Waals surface area contributed by atoms with Crippen LogP contribution in [0, 0.1) is 12.7 Å². The van der Waals surface area contributed by atoms with Gasteiger partial charge < -0.3 is 10.4 Å². The first-order valence-corrected chi connectivity index (χ1v) is 7.49. The molecule has 0 aliphatic carbocycles. The van der Waals surface area contributed by atoms with Crippen LogP contribution in [0.1, 0.15) is 24.4 Å². The van der Waals surface area contributed by atoms with Crippen LogP contribution in [0.15, 0.2) is 36.9 Å². The van der Waals surface area contributed by atoms with Crippen molar-refractivity contribution < 1.29 is 14.3 Å². The molecule has 3 N–H and O–H groups in total. The summed E-state index contributed by atoms with van der Waals surface area (Å²) in [5, 5.41) is 13.2. The maximum atomic E-state index is 14.2. The van der Waals surface area contributed by atoms with Gasteiger partial charge in [0.1, 0.15) is 23.7 Å². The number of hydroxylamine groups is 1. The van der Waals surface area contributed by atoms with E-state index in [1.165, 1.54) is 6.07 Å². The first-order valence-electron chi connectivity index (χ1n) is 7.49. The molecule has 0 fully saturated rings. The van der Waals surface area contributed by atoms with E-state index in [0.717, 1.165) is 5.56 Å². The first-order chi connectivity index (χ1) is 11.6. The van der Waals surface area contributed by atoms with Gasteiger partial charge in [-0.15, -0.1) is 0 Å². The maximum absolute atomic E-state index is 14.2. The Kier molecular flexibility index (Phi) is 4.70. The summed E-state index contributed by atoms with van der Waals surface area (Å²) in [6.07, 6.45) is 3.56. The molecular formula is C16H18FN5O2. The van der Waals surface area contributed by atoms with Crippen LogP contribution in [0.2, 0.25) is 0 Å². The molecule has 7 nitrogen and oxygen atoms in total. The summed E-state index contributed by atoms with van der Waals surface area (Å²) in [7, 11) is 0. The fourth-order valence-electron chi connectivity index (χ4n) is 2.30. The number of aliphatic hydroxyl groups excluding tert-OH is 1. The van der Waals surface area contributed by atoms with E-state index < -0.39 is 12.0 Å². The van der Waals surface area contributed by atoms with E-state index >= 15 is 0 Å². The number of halogens is 1. The van der Waals surface area contributed by atoms with Crippen LogP contribution < -0.4 is 10.8 Å². The maximum Gasteiger partial charge on any atom is 0.173 e. The van der Waals surface area contributed by atoms with Gasteiger partial charge >= 0.3 is 0 Å². The Morgan fingerprint density at radius 3 is 2.96 bits per heavy atom. The predicted molar refractivity (Wildman–Crippen MR) is 87.1 cm³/mol. The lowest BCUT2D eigenvalue weighted by Gasteiger charge is -2.18. The van der Waals surface area contributed by atoms with Crippen molar-refractivity contribution in [2.75, 3.05) is 11.9 Å². The van der Waals surface area contributed by atoms with E-state index in [1.54, 1.807) is 42.2 Å². The average molecular weight is 331 g/mol. The van der Waals surface area contributed by atoms with Gasteiger partial charge in [0.05, 0.1) is 30.2 Å². The summed E-state index contributed by atoms with van der Waals surface area (Å²) in [5.41, 5.74) is 4.53. The first kappa shape index (κ1) is 16.3. The topological polar surface area (TPSA) is 83.7 Å². The molecule has 0 bridgehead atoms. The van der Waals surface area contributed by atoms with Gasteiger partial charge in [0.15, 0.2) is 6.23 Å². The van der Waals surface area contributed by atoms with Gasteiger partial charge in [-0.3, -0.25) is 14.2 Å². The number of rotatable bonds is 6. The van der Waals surface area contributed by atoms with Crippen molar-refractivity contribution in [1.29, 1.82) is 0 Å². The van der Waals surface area contributed by atoms with Crippen LogP contribution >= 0.6 is 0 Å². The highest BCUT2D eigenvalue weighted by Crippen LogP contribution is 2.26. The van der Waals surface area contributed by atoms with Gasteiger partial charge in [-0.05, 0) is 31.5 Å². The van der Waals surface area contributed by atoms with E-state index in [0.29, 0.717) is 17.9 Å². The van der Waals surface area contributed by atoms with Crippen molar-refractivity contribution >= 4 is 17.0 Å². The van der Waals surface area contributed by atoms with Crippen molar-refractivity contribution in [3.8, 4) is 0 Å². The molecule has 3 aromatic rings. The van der Waals surface area contributed by atoms with Gasteiger partial charge in [0.25, 0.3) is 0 Å². The molecule has 0 radical (unpaired) electrons. The number of hydrogen-bond acceptors (Lipinski definition) is 6. The third-order valence-corrected chi connectivity index (χ3v) is 3.46. The van der Waals surface area contributed by atoms with Crippen molar-refractivity contribution in [1.82, 2.24) is 19.8 Å². The fourth-order valence-corrected chi connectivity index (χ4v) is 2.30. The SMILES string of the molecule is CCONC(O)c1ncc2cncn2c1Nc1ccc(C)cc1F. The number of nitrogens with one attached hydrogen (secondary N) is 2. The second-order valence-corrected chi connectivity index (χ2v) is 5.24. The molecule has 24 heavy (non-hydrogen) atoms. The lowest BCUT2D eigenvalue weighted by atomic mass is 10.2. The molecule has 1 unspecified atom stereocenters. The number of aliphatic hydroxyl groups is 1. The second kappa shape index (κ2) is 6.91. The molecule has 1 atom stereocenters. The highest BCUT2D eigenvalue weighted by atomic mass is 19.1. The summed E-state index contributed by atoms with van der Waals surface area (Å²) < 4.78 is 15.9. The molecular weight excluding hydrogens is 313 g/mol. The quantitative estimate of drug-likeness (QED) is 0.475. The Labute approximate surface area is 138 Å². The standard InChI is InChI=1S/C16H18FN5O2/c1-3-24-21-16(23)14-15(22-9-18-7-11(22)8-19-14)20-13-5-4-10(2)6-12(13)17/h4-9,16,20-21,23H,3H2,1-2H3. The van der Waals surface area contributed by atoms with E-state index in [1.807, 2.05) is 6.92 Å². The highest BCUT2D eigenvalue weighted by molar-refractivity contribution is 5.63. The van der Waals surface area contributed by atoms with Crippen LogP contribution in [0.3, 0.4) is 0 Å². The number of imidazole rings is 1. The van der Waals surface area contributed by atoms with Crippen molar-refractivity contribution in [2.45, 2.75) is 20.1 Å². The lowest BCUT2D eigenvalue weighted by molar-refractivity contribution is -0.0550. The van der Waals surface area contributed by atoms with Gasteiger partial charge in [-0.1, -0.05) is 6.07 Å². The third-order valence-electron chi connectivity index (χ3n) is 3.46. The van der Waals surface area contributed by atoms with Crippen LogP contribution in [-0.4, -0.2) is 26.1 Å². The number of aromatic nitrogens is 3. The minimum Gasteiger partial charge on any atom is -0.371 e. The Morgan fingerprint density at radius 2 is 2.21 bits per heavy atom. The zero-order valence-corrected chi connectivity index (χ0v) is 13.3. The van der Waals surface area contributed by atoms with E-state index in [4.69, 9.17) is 4.84 Å². The van der Waals surface area contributed by atoms with Crippen molar-refractivity contribution in [3.05, 3.63) is 54.0 Å². The molecule has 2 heterocycles. The summed E-state index contributed by atoms with van der Waals surface area (Å²) in [4.78, 5) is 13.3. The van der Waals surface area contributed by atoms with Crippen LogP contribution in [-0.2, 0) is 4.84 Å². The Balaban J connectivity index is 2.04. The Hall–Kier alpha value is -2.55. The number of aryl methyl sites for hydroxylation is 1. The molecule has 2 aromatic heterocycles. The number of benzene rings is 1. The molecule has 8 heteroatoms. The number of anilines is 2. The number of fused-ring (bicyclic) bond motifs is 1. The van der Waals surface area contributed by atoms with Gasteiger partial charge in [0, 0.05) is 0 Å². The summed E-state index contributed by atoms with van der Waals surface area (Å²) in [6, 6.07) is 4.85.